The molecule has 1 unspecified atom stereocenters. The Morgan fingerprint density at radius 3 is 1.29 bits per heavy atom. The fraction of sp³-hybridized carbons (Fsp3) is 1.00. The average Bonchev–Trinajstić information content (AvgIpc) is 1.70. The largest absolute Gasteiger partial charge is 0.778 e. The van der Waals surface area contributed by atoms with E-state index in [2.05, 4.69) is 0 Å². The van der Waals surface area contributed by atoms with E-state index in [0.29, 0.717) is 0 Å². The second kappa shape index (κ2) is 6.51. The van der Waals surface area contributed by atoms with Crippen LogP contribution in [0.15, 0.2) is 0 Å². The number of rotatable bonds is 6. The second-order valence-electron chi connectivity index (χ2n) is 3.06. The van der Waals surface area contributed by atoms with Crippen molar-refractivity contribution in [1.29, 1.82) is 0 Å². The van der Waals surface area contributed by atoms with Crippen LogP contribution in [-0.4, -0.2) is 48.2 Å². The highest BCUT2D eigenvalue weighted by molar-refractivity contribution is 7.53. The van der Waals surface area contributed by atoms with E-state index in [-0.39, 0.29) is 11.1 Å². The Morgan fingerprint density at radius 1 is 0.824 bits per heavy atom. The van der Waals surface area contributed by atoms with E-state index in [1.54, 1.807) is 0 Å². The summed E-state index contributed by atoms with van der Waals surface area (Å²) in [5.74, 6) is 0. The zero-order valence-corrected chi connectivity index (χ0v) is 11.5. The Balaban J connectivity index is 0. The third-order valence-electron chi connectivity index (χ3n) is 1.15. The molecule has 0 aromatic heterocycles. The van der Waals surface area contributed by atoms with Crippen LogP contribution in [0.5, 0.6) is 0 Å². The fourth-order valence-electron chi connectivity index (χ4n) is 0.908. The van der Waals surface area contributed by atoms with Crippen molar-refractivity contribution in [2.24, 2.45) is 0 Å². The Morgan fingerprint density at radius 2 is 1.12 bits per heavy atom. The van der Waals surface area contributed by atoms with Crippen LogP contribution in [0.3, 0.4) is 0 Å². The van der Waals surface area contributed by atoms with Gasteiger partial charge in [-0.15, -0.1) is 0 Å². The average molecular weight is 316 g/mol. The van der Waals surface area contributed by atoms with Crippen LogP contribution in [0.1, 0.15) is 0 Å². The third-order valence-corrected chi connectivity index (χ3v) is 3.44. The zero-order chi connectivity index (χ0) is 13.2. The summed E-state index contributed by atoms with van der Waals surface area (Å²) in [6.45, 7) is 0. The topological polar surface area (TPSA) is 215 Å². The normalized spacial score (nSPS) is 16.4. The van der Waals surface area contributed by atoms with E-state index < -0.39 is 41.6 Å². The van der Waals surface area contributed by atoms with Crippen LogP contribution in [0, 0.1) is 0 Å². The predicted molar refractivity (Wildman–Crippen MR) is 56.3 cm³/mol. The first kappa shape index (κ1) is 19.7. The van der Waals surface area contributed by atoms with Gasteiger partial charge in [0.2, 0.25) is 0 Å². The van der Waals surface area contributed by atoms with Crippen LogP contribution in [-0.2, 0) is 13.7 Å². The van der Waals surface area contributed by atoms with Crippen LogP contribution < -0.4 is 11.0 Å². The van der Waals surface area contributed by atoms with Gasteiger partial charge in [-0.05, 0) is 0 Å². The summed E-state index contributed by atoms with van der Waals surface area (Å²) in [4.78, 5) is 53.3. The summed E-state index contributed by atoms with van der Waals surface area (Å²) in [7, 11) is -14.3. The first-order valence-corrected chi connectivity index (χ1v) is 8.99. The van der Waals surface area contributed by atoms with Crippen molar-refractivity contribution in [2.75, 3.05) is 18.9 Å². The predicted octanol–water partition coefficient (Wildman–Crippen LogP) is -1.56. The SMILES string of the molecule is O=P([O-])(O)CN(CP(=O)(O)O)CP(=O)(O)O.[NH4+]. The Hall–Kier alpha value is 0.370. The van der Waals surface area contributed by atoms with Crippen molar-refractivity contribution in [3.63, 3.8) is 0 Å². The molecule has 106 valence electrons. The summed E-state index contributed by atoms with van der Waals surface area (Å²) in [5.41, 5.74) is 0. The van der Waals surface area contributed by atoms with Gasteiger partial charge in [0.25, 0.3) is 0 Å². The highest BCUT2D eigenvalue weighted by Crippen LogP contribution is 2.43. The molecule has 0 spiro atoms. The van der Waals surface area contributed by atoms with Crippen LogP contribution >= 0.6 is 22.8 Å². The van der Waals surface area contributed by atoms with Crippen molar-refractivity contribution < 1.29 is 43.1 Å². The quantitative estimate of drug-likeness (QED) is 0.309. The maximum atomic E-state index is 10.5. The minimum atomic E-state index is -4.90. The van der Waals surface area contributed by atoms with E-state index in [1.807, 2.05) is 0 Å². The lowest BCUT2D eigenvalue weighted by Crippen LogP contribution is -2.29. The first-order valence-electron chi connectivity index (χ1n) is 3.63. The zero-order valence-electron chi connectivity index (χ0n) is 8.78. The number of hydrogen-bond donors (Lipinski definition) is 6. The monoisotopic (exact) mass is 316 g/mol. The lowest BCUT2D eigenvalue weighted by atomic mass is 11.0. The standard InChI is InChI=1S/C3H12NO9P3.H3N/c5-14(6,7)1-4(2-15(8,9)10)3-16(11,12)13;/h1-3H2,(H2,5,6,7)(H2,8,9,10)(H2,11,12,13);1H3. The minimum Gasteiger partial charge on any atom is -0.778 e. The molecular formula is C3H15N2O9P3. The van der Waals surface area contributed by atoms with Crippen LogP contribution in [0.4, 0.5) is 0 Å². The van der Waals surface area contributed by atoms with Crippen molar-refractivity contribution in [1.82, 2.24) is 11.1 Å². The third kappa shape index (κ3) is 14.3. The van der Waals surface area contributed by atoms with Crippen molar-refractivity contribution in [2.45, 2.75) is 0 Å². The molecule has 0 radical (unpaired) electrons. The van der Waals surface area contributed by atoms with Gasteiger partial charge in [0.05, 0.1) is 6.29 Å². The van der Waals surface area contributed by atoms with Gasteiger partial charge in [0.1, 0.15) is 20.2 Å². The molecular weight excluding hydrogens is 301 g/mol. The number of quaternary nitrogens is 1. The van der Waals surface area contributed by atoms with Gasteiger partial charge in [-0.1, -0.05) is 0 Å². The molecule has 0 saturated heterocycles. The van der Waals surface area contributed by atoms with Gasteiger partial charge in [0, 0.05) is 0 Å². The van der Waals surface area contributed by atoms with Gasteiger partial charge in [-0.25, -0.2) is 0 Å². The molecule has 0 aromatic rings. The molecule has 1 atom stereocenters. The molecule has 0 aliphatic rings. The lowest BCUT2D eigenvalue weighted by Gasteiger charge is -2.27. The minimum absolute atomic E-state index is 0. The van der Waals surface area contributed by atoms with Crippen molar-refractivity contribution >= 4 is 22.8 Å². The Labute approximate surface area is 96.5 Å². The molecule has 9 N–H and O–H groups in total. The number of nitrogens with zero attached hydrogens (tertiary/aromatic N) is 1. The van der Waals surface area contributed by atoms with E-state index in [9.17, 15) is 18.6 Å². The van der Waals surface area contributed by atoms with Crippen molar-refractivity contribution in [3.8, 4) is 0 Å². The number of hydrogen-bond acceptors (Lipinski definition) is 5. The molecule has 14 heteroatoms. The summed E-state index contributed by atoms with van der Waals surface area (Å²) in [5, 5.41) is 0. The molecule has 0 heterocycles. The van der Waals surface area contributed by atoms with Crippen LogP contribution in [0.25, 0.3) is 0 Å². The summed E-state index contributed by atoms with van der Waals surface area (Å²) in [6.07, 6.45) is -3.60. The van der Waals surface area contributed by atoms with Gasteiger partial charge < -0.3 is 40.1 Å². The van der Waals surface area contributed by atoms with Gasteiger partial charge in [-0.2, -0.15) is 0 Å². The van der Waals surface area contributed by atoms with E-state index in [4.69, 9.17) is 24.5 Å². The summed E-state index contributed by atoms with van der Waals surface area (Å²) < 4.78 is 31.5. The smallest absolute Gasteiger partial charge is 0.339 e. The molecule has 0 aliphatic heterocycles. The second-order valence-corrected chi connectivity index (χ2v) is 7.84. The molecule has 17 heavy (non-hydrogen) atoms. The van der Waals surface area contributed by atoms with E-state index >= 15 is 0 Å². The molecule has 0 amide bonds. The van der Waals surface area contributed by atoms with Gasteiger partial charge in [0.15, 0.2) is 0 Å². The first-order chi connectivity index (χ1) is 6.79. The van der Waals surface area contributed by atoms with E-state index in [0.717, 1.165) is 0 Å². The molecule has 0 fully saturated rings. The van der Waals surface area contributed by atoms with Crippen LogP contribution in [0.2, 0.25) is 0 Å². The highest BCUT2D eigenvalue weighted by Gasteiger charge is 2.27. The molecule has 11 nitrogen and oxygen atoms in total. The lowest BCUT2D eigenvalue weighted by molar-refractivity contribution is -0.195. The summed E-state index contributed by atoms with van der Waals surface area (Å²) >= 11 is 0. The Bertz CT molecular complexity index is 309. The highest BCUT2D eigenvalue weighted by atomic mass is 31.2. The van der Waals surface area contributed by atoms with Crippen molar-refractivity contribution in [3.05, 3.63) is 0 Å². The molecule has 0 rings (SSSR count). The molecule has 0 aromatic carbocycles. The fourth-order valence-corrected chi connectivity index (χ4v) is 3.53. The molecule has 0 aliphatic carbocycles. The van der Waals surface area contributed by atoms with Gasteiger partial charge in [-0.3, -0.25) is 14.0 Å². The molecule has 0 bridgehead atoms. The van der Waals surface area contributed by atoms with Gasteiger partial charge >= 0.3 is 15.2 Å². The summed E-state index contributed by atoms with van der Waals surface area (Å²) in [6, 6.07) is 0. The molecule has 0 saturated carbocycles. The van der Waals surface area contributed by atoms with E-state index in [1.165, 1.54) is 0 Å². The Kier molecular flexibility index (Phi) is 7.55. The maximum Gasteiger partial charge on any atom is 0.339 e. The maximum absolute atomic E-state index is 10.5.